The first kappa shape index (κ1) is 18.2. The van der Waals surface area contributed by atoms with Crippen molar-refractivity contribution in [2.24, 2.45) is 0 Å². The smallest absolute Gasteiger partial charge is 0.274 e. The standard InChI is InChI=1S/C19H21ClN4O3/c1-13-2-3-14(10-15(13)20)23-17-12-21-16(11-22-17)18(25)24-6-4-19(5-7-24)26-8-9-27-19/h2-3,10-12H,4-9H2,1H3,(H,22,23). The van der Waals surface area contributed by atoms with Gasteiger partial charge in [-0.15, -0.1) is 0 Å². The second-order valence-electron chi connectivity index (χ2n) is 6.78. The number of nitrogens with zero attached hydrogens (tertiary/aromatic N) is 3. The summed E-state index contributed by atoms with van der Waals surface area (Å²) in [6, 6.07) is 5.67. The molecule has 2 saturated heterocycles. The molecule has 0 bridgehead atoms. The predicted molar refractivity (Wildman–Crippen MR) is 101 cm³/mol. The van der Waals surface area contributed by atoms with Crippen molar-refractivity contribution in [1.82, 2.24) is 14.9 Å². The molecule has 0 aliphatic carbocycles. The van der Waals surface area contributed by atoms with Gasteiger partial charge >= 0.3 is 0 Å². The number of carbonyl (C=O) groups excluding carboxylic acids is 1. The molecule has 0 atom stereocenters. The zero-order chi connectivity index (χ0) is 18.9. The van der Waals surface area contributed by atoms with Gasteiger partial charge in [-0.3, -0.25) is 4.79 Å². The number of rotatable bonds is 3. The third-order valence-corrected chi connectivity index (χ3v) is 5.35. The van der Waals surface area contributed by atoms with Crippen molar-refractivity contribution in [3.63, 3.8) is 0 Å². The monoisotopic (exact) mass is 388 g/mol. The highest BCUT2D eigenvalue weighted by molar-refractivity contribution is 6.31. The minimum atomic E-state index is -0.494. The number of piperidine rings is 1. The van der Waals surface area contributed by atoms with Crippen molar-refractivity contribution >= 4 is 29.0 Å². The molecule has 1 aromatic heterocycles. The Bertz CT molecular complexity index is 827. The first-order chi connectivity index (χ1) is 13.0. The van der Waals surface area contributed by atoms with Gasteiger partial charge in [0.25, 0.3) is 5.91 Å². The molecule has 1 N–H and O–H groups in total. The molecule has 4 rings (SSSR count). The van der Waals surface area contributed by atoms with Gasteiger partial charge in [0.05, 0.1) is 25.6 Å². The van der Waals surface area contributed by atoms with Gasteiger partial charge < -0.3 is 19.7 Å². The van der Waals surface area contributed by atoms with E-state index in [0.29, 0.717) is 55.7 Å². The first-order valence-electron chi connectivity index (χ1n) is 8.97. The molecule has 2 fully saturated rings. The maximum absolute atomic E-state index is 12.7. The quantitative estimate of drug-likeness (QED) is 0.870. The topological polar surface area (TPSA) is 76.6 Å². The average molecular weight is 389 g/mol. The molecule has 0 unspecified atom stereocenters. The highest BCUT2D eigenvalue weighted by Crippen LogP contribution is 2.31. The SMILES string of the molecule is Cc1ccc(Nc2cnc(C(=O)N3CCC4(CC3)OCCO4)cn2)cc1Cl. The lowest BCUT2D eigenvalue weighted by Crippen LogP contribution is -2.47. The summed E-state index contributed by atoms with van der Waals surface area (Å²) in [5.74, 6) is -0.0666. The van der Waals surface area contributed by atoms with E-state index in [1.165, 1.54) is 6.20 Å². The summed E-state index contributed by atoms with van der Waals surface area (Å²) in [5, 5.41) is 3.81. The van der Waals surface area contributed by atoms with Gasteiger partial charge in [-0.05, 0) is 24.6 Å². The Hall–Kier alpha value is -2.22. The Kier molecular flexibility index (Phi) is 4.99. The Balaban J connectivity index is 1.38. The van der Waals surface area contributed by atoms with E-state index in [4.69, 9.17) is 21.1 Å². The Morgan fingerprint density at radius 2 is 1.93 bits per heavy atom. The van der Waals surface area contributed by atoms with Crippen LogP contribution < -0.4 is 5.32 Å². The van der Waals surface area contributed by atoms with E-state index in [9.17, 15) is 4.79 Å². The fraction of sp³-hybridized carbons (Fsp3) is 0.421. The number of halogens is 1. The highest BCUT2D eigenvalue weighted by atomic mass is 35.5. The third-order valence-electron chi connectivity index (χ3n) is 4.94. The van der Waals surface area contributed by atoms with Gasteiger partial charge in [-0.2, -0.15) is 0 Å². The average Bonchev–Trinajstić information content (AvgIpc) is 3.13. The number of aryl methyl sites for hydroxylation is 1. The molecule has 1 aromatic carbocycles. The second-order valence-corrected chi connectivity index (χ2v) is 7.18. The van der Waals surface area contributed by atoms with Crippen molar-refractivity contribution in [1.29, 1.82) is 0 Å². The van der Waals surface area contributed by atoms with E-state index in [2.05, 4.69) is 15.3 Å². The molecule has 2 aliphatic heterocycles. The zero-order valence-electron chi connectivity index (χ0n) is 15.1. The van der Waals surface area contributed by atoms with Crippen LogP contribution in [0.2, 0.25) is 5.02 Å². The molecule has 0 radical (unpaired) electrons. The molecule has 7 nitrogen and oxygen atoms in total. The Labute approximate surface area is 162 Å². The molecule has 0 saturated carbocycles. The maximum Gasteiger partial charge on any atom is 0.274 e. The van der Waals surface area contributed by atoms with Crippen LogP contribution in [0.25, 0.3) is 0 Å². The van der Waals surface area contributed by atoms with Crippen LogP contribution >= 0.6 is 11.6 Å². The van der Waals surface area contributed by atoms with Crippen LogP contribution in [0.15, 0.2) is 30.6 Å². The summed E-state index contributed by atoms with van der Waals surface area (Å²) in [5.41, 5.74) is 2.15. The molecule has 1 spiro atoms. The van der Waals surface area contributed by atoms with Crippen molar-refractivity contribution in [2.45, 2.75) is 25.6 Å². The lowest BCUT2D eigenvalue weighted by atomic mass is 10.0. The van der Waals surface area contributed by atoms with E-state index in [0.717, 1.165) is 11.3 Å². The van der Waals surface area contributed by atoms with Gasteiger partial charge in [-0.1, -0.05) is 17.7 Å². The fourth-order valence-corrected chi connectivity index (χ4v) is 3.50. The number of anilines is 2. The largest absolute Gasteiger partial charge is 0.347 e. The summed E-state index contributed by atoms with van der Waals surface area (Å²) in [6.45, 7) is 4.37. The lowest BCUT2D eigenvalue weighted by Gasteiger charge is -2.37. The zero-order valence-corrected chi connectivity index (χ0v) is 15.8. The van der Waals surface area contributed by atoms with Crippen molar-refractivity contribution in [2.75, 3.05) is 31.6 Å². The van der Waals surface area contributed by atoms with Crippen molar-refractivity contribution in [3.05, 3.63) is 46.9 Å². The van der Waals surface area contributed by atoms with Gasteiger partial charge in [0, 0.05) is 36.6 Å². The number of amides is 1. The van der Waals surface area contributed by atoms with E-state index in [1.807, 2.05) is 25.1 Å². The highest BCUT2D eigenvalue weighted by Gasteiger charge is 2.41. The number of hydrogen-bond acceptors (Lipinski definition) is 6. The summed E-state index contributed by atoms with van der Waals surface area (Å²) in [7, 11) is 0. The van der Waals surface area contributed by atoms with Gasteiger partial charge in [0.1, 0.15) is 11.5 Å². The van der Waals surface area contributed by atoms with Crippen LogP contribution in [0.3, 0.4) is 0 Å². The third kappa shape index (κ3) is 3.90. The van der Waals surface area contributed by atoms with Crippen molar-refractivity contribution in [3.8, 4) is 0 Å². The summed E-state index contributed by atoms with van der Waals surface area (Å²) in [4.78, 5) is 23.0. The number of benzene rings is 1. The first-order valence-corrected chi connectivity index (χ1v) is 9.35. The lowest BCUT2D eigenvalue weighted by molar-refractivity contribution is -0.181. The minimum absolute atomic E-state index is 0.125. The van der Waals surface area contributed by atoms with Crippen LogP contribution in [0, 0.1) is 6.92 Å². The molecule has 2 aliphatic rings. The number of carbonyl (C=O) groups is 1. The summed E-state index contributed by atoms with van der Waals surface area (Å²) >= 11 is 6.13. The normalized spacial score (nSPS) is 18.7. The molecule has 1 amide bonds. The molecule has 2 aromatic rings. The number of nitrogens with one attached hydrogen (secondary N) is 1. The van der Waals surface area contributed by atoms with Gasteiger partial charge in [0.15, 0.2) is 5.79 Å². The molecule has 8 heteroatoms. The minimum Gasteiger partial charge on any atom is -0.347 e. The summed E-state index contributed by atoms with van der Waals surface area (Å²) < 4.78 is 11.4. The fourth-order valence-electron chi connectivity index (χ4n) is 3.32. The summed E-state index contributed by atoms with van der Waals surface area (Å²) in [6.07, 6.45) is 4.41. The molecule has 27 heavy (non-hydrogen) atoms. The molecular weight excluding hydrogens is 368 g/mol. The van der Waals surface area contributed by atoms with E-state index >= 15 is 0 Å². The van der Waals surface area contributed by atoms with Crippen molar-refractivity contribution < 1.29 is 14.3 Å². The number of ether oxygens (including phenoxy) is 2. The Morgan fingerprint density at radius 3 is 2.56 bits per heavy atom. The maximum atomic E-state index is 12.7. The number of hydrogen-bond donors (Lipinski definition) is 1. The van der Waals surface area contributed by atoms with Crippen LogP contribution in [-0.2, 0) is 9.47 Å². The van der Waals surface area contributed by atoms with Crippen LogP contribution in [0.5, 0.6) is 0 Å². The van der Waals surface area contributed by atoms with Crippen LogP contribution in [-0.4, -0.2) is 52.9 Å². The molecule has 3 heterocycles. The van der Waals surface area contributed by atoms with E-state index < -0.39 is 5.79 Å². The van der Waals surface area contributed by atoms with Crippen LogP contribution in [0.1, 0.15) is 28.9 Å². The second kappa shape index (κ2) is 7.42. The number of likely N-dealkylation sites (tertiary alicyclic amines) is 1. The predicted octanol–water partition coefficient (Wildman–Crippen LogP) is 3.16. The molecule has 142 valence electrons. The van der Waals surface area contributed by atoms with Gasteiger partial charge in [-0.25, -0.2) is 9.97 Å². The van der Waals surface area contributed by atoms with Crippen LogP contribution in [0.4, 0.5) is 11.5 Å². The molecular formula is C19H21ClN4O3. The number of aromatic nitrogens is 2. The van der Waals surface area contributed by atoms with E-state index in [1.54, 1.807) is 11.1 Å². The van der Waals surface area contributed by atoms with E-state index in [-0.39, 0.29) is 5.91 Å². The Morgan fingerprint density at radius 1 is 1.19 bits per heavy atom. The van der Waals surface area contributed by atoms with Gasteiger partial charge in [0.2, 0.25) is 0 Å².